The van der Waals surface area contributed by atoms with Crippen molar-refractivity contribution in [1.82, 2.24) is 19.8 Å². The summed E-state index contributed by atoms with van der Waals surface area (Å²) >= 11 is 0. The molecule has 0 unspecified atom stereocenters. The van der Waals surface area contributed by atoms with Crippen molar-refractivity contribution in [2.75, 3.05) is 87.5 Å². The molecule has 2 aromatic carbocycles. The van der Waals surface area contributed by atoms with Gasteiger partial charge in [-0.1, -0.05) is 12.6 Å². The second-order valence-electron chi connectivity index (χ2n) is 11.9. The molecule has 0 saturated carbocycles. The first-order chi connectivity index (χ1) is 22.5. The molecule has 3 aromatic rings. The molecular formula is C34H43N9O3. The third-order valence-corrected chi connectivity index (χ3v) is 9.27. The molecule has 4 N–H and O–H groups in total. The van der Waals surface area contributed by atoms with E-state index in [1.54, 1.807) is 7.11 Å². The molecule has 46 heavy (non-hydrogen) atoms. The molecule has 1 amide bonds. The summed E-state index contributed by atoms with van der Waals surface area (Å²) in [5, 5.41) is 17.3. The van der Waals surface area contributed by atoms with E-state index in [4.69, 9.17) is 14.9 Å². The number of hydrogen-bond acceptors (Lipinski definition) is 11. The van der Waals surface area contributed by atoms with Gasteiger partial charge in [-0.05, 0) is 37.1 Å². The fraction of sp³-hybridized carbons (Fsp3) is 0.412. The van der Waals surface area contributed by atoms with Crippen LogP contribution in [-0.2, 0) is 9.53 Å². The summed E-state index contributed by atoms with van der Waals surface area (Å²) in [6, 6.07) is 12.7. The normalized spacial score (nSPS) is 18.0. The van der Waals surface area contributed by atoms with Crippen LogP contribution in [0, 0.1) is 5.41 Å². The van der Waals surface area contributed by atoms with E-state index in [0.717, 1.165) is 87.8 Å². The highest BCUT2D eigenvalue weighted by molar-refractivity contribution is 6.02. The molecular weight excluding hydrogens is 582 g/mol. The summed E-state index contributed by atoms with van der Waals surface area (Å²) < 4.78 is 11.2. The highest BCUT2D eigenvalue weighted by Crippen LogP contribution is 2.40. The van der Waals surface area contributed by atoms with E-state index in [2.05, 4.69) is 47.2 Å². The summed E-state index contributed by atoms with van der Waals surface area (Å²) in [6.07, 6.45) is 6.21. The largest absolute Gasteiger partial charge is 0.494 e. The minimum absolute atomic E-state index is 0.279. The van der Waals surface area contributed by atoms with Gasteiger partial charge in [-0.3, -0.25) is 14.6 Å². The monoisotopic (exact) mass is 625 g/mol. The van der Waals surface area contributed by atoms with Gasteiger partial charge in [0.05, 0.1) is 49.1 Å². The van der Waals surface area contributed by atoms with Gasteiger partial charge in [-0.2, -0.15) is 0 Å². The second-order valence-corrected chi connectivity index (χ2v) is 11.9. The minimum atomic E-state index is -0.279. The number of carbonyl (C=O) groups excluding carboxylic acids is 1. The summed E-state index contributed by atoms with van der Waals surface area (Å²) in [5.41, 5.74) is 5.45. The highest BCUT2D eigenvalue weighted by Gasteiger charge is 2.33. The van der Waals surface area contributed by atoms with Crippen LogP contribution in [0.4, 0.5) is 28.6 Å². The number of nitrogens with zero attached hydrogens (tertiary/aromatic N) is 5. The maximum Gasteiger partial charge on any atom is 0.247 e. The average Bonchev–Trinajstić information content (AvgIpc) is 3.08. The predicted octanol–water partition coefficient (Wildman–Crippen LogP) is 4.04. The molecule has 4 heterocycles. The number of ether oxygens (including phenoxy) is 2. The van der Waals surface area contributed by atoms with Crippen molar-refractivity contribution in [2.24, 2.45) is 0 Å². The Balaban J connectivity index is 1.19. The van der Waals surface area contributed by atoms with Crippen LogP contribution in [0.2, 0.25) is 0 Å². The van der Waals surface area contributed by atoms with Gasteiger partial charge in [-0.15, -0.1) is 0 Å². The second kappa shape index (κ2) is 14.3. The number of methoxy groups -OCH3 is 1. The van der Waals surface area contributed by atoms with Crippen molar-refractivity contribution < 1.29 is 14.3 Å². The Bertz CT molecular complexity index is 1560. The van der Waals surface area contributed by atoms with Gasteiger partial charge in [0.1, 0.15) is 17.9 Å². The average molecular weight is 626 g/mol. The van der Waals surface area contributed by atoms with Crippen molar-refractivity contribution in [3.8, 4) is 17.0 Å². The quantitative estimate of drug-likeness (QED) is 0.183. The Kier molecular flexibility index (Phi) is 9.76. The van der Waals surface area contributed by atoms with Crippen molar-refractivity contribution in [1.29, 1.82) is 5.41 Å². The van der Waals surface area contributed by atoms with Crippen LogP contribution in [0.3, 0.4) is 0 Å². The fourth-order valence-corrected chi connectivity index (χ4v) is 6.55. The number of piperazine rings is 1. The maximum atomic E-state index is 12.5. The van der Waals surface area contributed by atoms with Gasteiger partial charge in [0.15, 0.2) is 0 Å². The van der Waals surface area contributed by atoms with E-state index in [-0.39, 0.29) is 5.91 Å². The van der Waals surface area contributed by atoms with E-state index in [1.165, 1.54) is 18.6 Å². The summed E-state index contributed by atoms with van der Waals surface area (Å²) in [6.45, 7) is 11.6. The van der Waals surface area contributed by atoms with Crippen LogP contribution in [0.5, 0.6) is 5.75 Å². The maximum absolute atomic E-state index is 12.5. The SMILES string of the molecule is C=CC(=O)Nc1cc(Nc2cc(-c3ccc(NC)c(C=N)c3)ncn2)c(OC)cc1N1CCC(N2CCN(C3COC3)CC2)CC1. The molecule has 3 aliphatic rings. The lowest BCUT2D eigenvalue weighted by atomic mass is 10.0. The van der Waals surface area contributed by atoms with Crippen LogP contribution in [0.1, 0.15) is 18.4 Å². The molecule has 6 rings (SSSR count). The van der Waals surface area contributed by atoms with Gasteiger partial charge in [0.25, 0.3) is 0 Å². The molecule has 12 heteroatoms. The zero-order chi connectivity index (χ0) is 32.0. The Labute approximate surface area is 270 Å². The number of anilines is 5. The van der Waals surface area contributed by atoms with Gasteiger partial charge < -0.3 is 35.7 Å². The predicted molar refractivity (Wildman–Crippen MR) is 183 cm³/mol. The number of hydrogen-bond donors (Lipinski definition) is 4. The first-order valence-corrected chi connectivity index (χ1v) is 15.9. The molecule has 3 saturated heterocycles. The molecule has 0 radical (unpaired) electrons. The standard InChI is InChI=1S/C34H43N9O3/c1-4-34(44)40-29-16-30(39-33-17-28(37-22-38-33)23-5-6-27(36-2)24(15-23)19-35)32(45-3)18-31(29)43-9-7-25(8-10-43)41-11-13-42(14-12-41)26-20-46-21-26/h4-6,15-19,22,25-26,35-36H,1,7-14,20-21H2,2-3H3,(H,40,44)(H,37,38,39). The molecule has 0 spiro atoms. The number of nitrogens with one attached hydrogen (secondary N) is 4. The van der Waals surface area contributed by atoms with Gasteiger partial charge in [0.2, 0.25) is 5.91 Å². The molecule has 0 bridgehead atoms. The molecule has 0 atom stereocenters. The number of rotatable bonds is 11. The van der Waals surface area contributed by atoms with E-state index in [9.17, 15) is 4.79 Å². The lowest BCUT2D eigenvalue weighted by Gasteiger charge is -2.46. The molecule has 0 aliphatic carbocycles. The van der Waals surface area contributed by atoms with Gasteiger partial charge in [-0.25, -0.2) is 9.97 Å². The molecule has 3 aliphatic heterocycles. The number of benzene rings is 2. The lowest BCUT2D eigenvalue weighted by molar-refractivity contribution is -0.111. The highest BCUT2D eigenvalue weighted by atomic mass is 16.5. The van der Waals surface area contributed by atoms with Crippen molar-refractivity contribution >= 4 is 40.7 Å². The zero-order valence-electron chi connectivity index (χ0n) is 26.6. The van der Waals surface area contributed by atoms with Gasteiger partial charge >= 0.3 is 0 Å². The van der Waals surface area contributed by atoms with Gasteiger partial charge in [0, 0.05) is 87.5 Å². The number of carbonyl (C=O) groups is 1. The van der Waals surface area contributed by atoms with Crippen molar-refractivity contribution in [3.05, 3.63) is 60.9 Å². The van der Waals surface area contributed by atoms with Crippen LogP contribution >= 0.6 is 0 Å². The topological polar surface area (TPSA) is 131 Å². The van der Waals surface area contributed by atoms with Crippen LogP contribution in [-0.4, -0.2) is 111 Å². The van der Waals surface area contributed by atoms with Crippen LogP contribution in [0.15, 0.2) is 55.4 Å². The smallest absolute Gasteiger partial charge is 0.247 e. The molecule has 242 valence electrons. The third-order valence-electron chi connectivity index (χ3n) is 9.27. The Hall–Kier alpha value is -4.52. The first kappa shape index (κ1) is 31.5. The van der Waals surface area contributed by atoms with E-state index < -0.39 is 0 Å². The van der Waals surface area contributed by atoms with Crippen LogP contribution < -0.4 is 25.6 Å². The van der Waals surface area contributed by atoms with Crippen molar-refractivity contribution in [3.63, 3.8) is 0 Å². The van der Waals surface area contributed by atoms with E-state index >= 15 is 0 Å². The fourth-order valence-electron chi connectivity index (χ4n) is 6.55. The van der Waals surface area contributed by atoms with E-state index in [1.807, 2.05) is 43.4 Å². The Morgan fingerprint density at radius 1 is 0.978 bits per heavy atom. The number of amides is 1. The molecule has 1 aromatic heterocycles. The lowest BCUT2D eigenvalue weighted by Crippen LogP contribution is -2.59. The third kappa shape index (κ3) is 6.84. The Morgan fingerprint density at radius 2 is 1.72 bits per heavy atom. The molecule has 3 fully saturated rings. The molecule has 12 nitrogen and oxygen atoms in total. The number of piperidine rings is 1. The summed E-state index contributed by atoms with van der Waals surface area (Å²) in [5.74, 6) is 0.921. The summed E-state index contributed by atoms with van der Waals surface area (Å²) in [7, 11) is 3.47. The first-order valence-electron chi connectivity index (χ1n) is 15.9. The zero-order valence-corrected chi connectivity index (χ0v) is 26.6. The van der Waals surface area contributed by atoms with Crippen molar-refractivity contribution in [2.45, 2.75) is 24.9 Å². The minimum Gasteiger partial charge on any atom is -0.494 e. The Morgan fingerprint density at radius 3 is 2.35 bits per heavy atom. The number of aromatic nitrogens is 2. The van der Waals surface area contributed by atoms with E-state index in [0.29, 0.717) is 40.7 Å². The van der Waals surface area contributed by atoms with Crippen LogP contribution in [0.25, 0.3) is 11.3 Å². The summed E-state index contributed by atoms with van der Waals surface area (Å²) in [4.78, 5) is 29.0.